The average Bonchev–Trinajstić information content (AvgIpc) is 2.44. The van der Waals surface area contributed by atoms with E-state index >= 15 is 0 Å². The molecule has 0 saturated carbocycles. The smallest absolute Gasteiger partial charge is 0.410 e. The van der Waals surface area contributed by atoms with E-state index in [1.807, 2.05) is 26.8 Å². The number of nitrogens with one attached hydrogen (secondary N) is 1. The Kier molecular flexibility index (Phi) is 5.58. The van der Waals surface area contributed by atoms with Crippen molar-refractivity contribution in [2.45, 2.75) is 51.8 Å². The normalized spacial score (nSPS) is 19.1. The lowest BCUT2D eigenvalue weighted by molar-refractivity contribution is 0.0187. The summed E-state index contributed by atoms with van der Waals surface area (Å²) in [5.74, 6) is 0. The number of hydrogen-bond donors (Lipinski definition) is 1. The monoisotopic (exact) mass is 326 g/mol. The quantitative estimate of drug-likeness (QED) is 0.865. The number of hydrogen-bond acceptors (Lipinski definition) is 5. The Hall–Kier alpha value is -1.40. The van der Waals surface area contributed by atoms with Crippen molar-refractivity contribution in [2.24, 2.45) is 0 Å². The number of amides is 1. The highest BCUT2D eigenvalue weighted by atomic mass is 35.5. The van der Waals surface area contributed by atoms with Crippen LogP contribution in [0.4, 0.5) is 4.79 Å². The lowest BCUT2D eigenvalue weighted by atomic mass is 10.1. The van der Waals surface area contributed by atoms with E-state index in [1.165, 1.54) is 0 Å². The van der Waals surface area contributed by atoms with Crippen molar-refractivity contribution in [1.82, 2.24) is 20.2 Å². The van der Waals surface area contributed by atoms with Crippen molar-refractivity contribution < 1.29 is 9.53 Å². The second-order valence-electron chi connectivity index (χ2n) is 6.46. The Balaban J connectivity index is 1.84. The highest BCUT2D eigenvalue weighted by molar-refractivity contribution is 6.28. The van der Waals surface area contributed by atoms with Crippen molar-refractivity contribution in [1.29, 1.82) is 0 Å². The van der Waals surface area contributed by atoms with Crippen LogP contribution in [0.1, 0.15) is 39.3 Å². The first kappa shape index (κ1) is 17.0. The van der Waals surface area contributed by atoms with Crippen LogP contribution in [0.3, 0.4) is 0 Å². The van der Waals surface area contributed by atoms with Gasteiger partial charge in [0, 0.05) is 31.9 Å². The summed E-state index contributed by atoms with van der Waals surface area (Å²) in [7, 11) is 0. The van der Waals surface area contributed by atoms with E-state index in [4.69, 9.17) is 16.3 Å². The first-order valence-electron chi connectivity index (χ1n) is 7.52. The Morgan fingerprint density at radius 3 is 3.00 bits per heavy atom. The summed E-state index contributed by atoms with van der Waals surface area (Å²) in [4.78, 5) is 21.9. The van der Waals surface area contributed by atoms with Crippen molar-refractivity contribution in [3.05, 3.63) is 23.2 Å². The number of halogens is 1. The SMILES string of the molecule is CC(C)(C)OC(=O)N1CCCC(NCc2ccnc(Cl)n2)C1. The van der Waals surface area contributed by atoms with Crippen molar-refractivity contribution in [2.75, 3.05) is 13.1 Å². The predicted octanol–water partition coefficient (Wildman–Crippen LogP) is 2.62. The van der Waals surface area contributed by atoms with E-state index in [0.717, 1.165) is 25.1 Å². The molecule has 1 aliphatic heterocycles. The Morgan fingerprint density at radius 1 is 1.55 bits per heavy atom. The molecule has 0 spiro atoms. The lowest BCUT2D eigenvalue weighted by Gasteiger charge is -2.34. The van der Waals surface area contributed by atoms with Gasteiger partial charge in [-0.1, -0.05) is 0 Å². The van der Waals surface area contributed by atoms with Gasteiger partial charge in [0.15, 0.2) is 0 Å². The predicted molar refractivity (Wildman–Crippen MR) is 84.7 cm³/mol. The zero-order valence-corrected chi connectivity index (χ0v) is 14.1. The minimum atomic E-state index is -0.463. The molecular weight excluding hydrogens is 304 g/mol. The molecule has 1 fully saturated rings. The van der Waals surface area contributed by atoms with E-state index in [2.05, 4.69) is 15.3 Å². The fraction of sp³-hybridized carbons (Fsp3) is 0.667. The van der Waals surface area contributed by atoms with E-state index in [0.29, 0.717) is 13.1 Å². The maximum atomic E-state index is 12.1. The maximum absolute atomic E-state index is 12.1. The Morgan fingerprint density at radius 2 is 2.32 bits per heavy atom. The van der Waals surface area contributed by atoms with E-state index in [1.54, 1.807) is 11.1 Å². The molecule has 0 bridgehead atoms. The molecule has 1 aromatic rings. The molecular formula is C15H23ClN4O2. The van der Waals surface area contributed by atoms with Crippen LogP contribution < -0.4 is 5.32 Å². The van der Waals surface area contributed by atoms with Crippen LogP contribution in [0.25, 0.3) is 0 Å². The van der Waals surface area contributed by atoms with Gasteiger partial charge in [-0.3, -0.25) is 0 Å². The molecule has 22 heavy (non-hydrogen) atoms. The van der Waals surface area contributed by atoms with Crippen molar-refractivity contribution >= 4 is 17.7 Å². The summed E-state index contributed by atoms with van der Waals surface area (Å²) in [6.45, 7) is 7.63. The van der Waals surface area contributed by atoms with Crippen LogP contribution >= 0.6 is 11.6 Å². The topological polar surface area (TPSA) is 67.3 Å². The molecule has 1 aromatic heterocycles. The number of ether oxygens (including phenoxy) is 1. The summed E-state index contributed by atoms with van der Waals surface area (Å²) < 4.78 is 5.43. The third kappa shape index (κ3) is 5.42. The highest BCUT2D eigenvalue weighted by Gasteiger charge is 2.27. The number of carbonyl (C=O) groups excluding carboxylic acids is 1. The minimum Gasteiger partial charge on any atom is -0.444 e. The molecule has 2 rings (SSSR count). The second-order valence-corrected chi connectivity index (χ2v) is 6.80. The number of aromatic nitrogens is 2. The molecule has 1 atom stereocenters. The third-order valence-corrected chi connectivity index (χ3v) is 3.51. The highest BCUT2D eigenvalue weighted by Crippen LogP contribution is 2.15. The zero-order chi connectivity index (χ0) is 16.2. The largest absolute Gasteiger partial charge is 0.444 e. The second kappa shape index (κ2) is 7.24. The van der Waals surface area contributed by atoms with E-state index < -0.39 is 5.60 Å². The molecule has 7 heteroatoms. The van der Waals surface area contributed by atoms with Crippen LogP contribution in [0.5, 0.6) is 0 Å². The molecule has 122 valence electrons. The first-order valence-corrected chi connectivity index (χ1v) is 7.90. The molecule has 0 aliphatic carbocycles. The van der Waals surface area contributed by atoms with Crippen molar-refractivity contribution in [3.63, 3.8) is 0 Å². The fourth-order valence-corrected chi connectivity index (χ4v) is 2.52. The van der Waals surface area contributed by atoms with Gasteiger partial charge in [-0.2, -0.15) is 0 Å². The molecule has 0 radical (unpaired) electrons. The summed E-state index contributed by atoms with van der Waals surface area (Å²) in [6.07, 6.45) is 3.38. The molecule has 1 saturated heterocycles. The van der Waals surface area contributed by atoms with Gasteiger partial charge in [0.25, 0.3) is 0 Å². The lowest BCUT2D eigenvalue weighted by Crippen LogP contribution is -2.49. The van der Waals surface area contributed by atoms with Gasteiger partial charge in [0.2, 0.25) is 5.28 Å². The van der Waals surface area contributed by atoms with Gasteiger partial charge in [0.1, 0.15) is 5.60 Å². The standard InChI is InChI=1S/C15H23ClN4O2/c1-15(2,3)22-14(21)20-8-4-5-12(10-20)18-9-11-6-7-17-13(16)19-11/h6-7,12,18H,4-5,8-10H2,1-3H3. The van der Waals surface area contributed by atoms with Gasteiger partial charge < -0.3 is 15.0 Å². The van der Waals surface area contributed by atoms with Crippen molar-refractivity contribution in [3.8, 4) is 0 Å². The number of nitrogens with zero attached hydrogens (tertiary/aromatic N) is 3. The van der Waals surface area contributed by atoms with E-state index in [9.17, 15) is 4.79 Å². The molecule has 1 N–H and O–H groups in total. The summed E-state index contributed by atoms with van der Waals surface area (Å²) in [5.41, 5.74) is 0.379. The molecule has 6 nitrogen and oxygen atoms in total. The summed E-state index contributed by atoms with van der Waals surface area (Å²) in [6, 6.07) is 2.06. The zero-order valence-electron chi connectivity index (χ0n) is 13.3. The van der Waals surface area contributed by atoms with E-state index in [-0.39, 0.29) is 17.4 Å². The van der Waals surface area contributed by atoms with Gasteiger partial charge in [-0.15, -0.1) is 0 Å². The summed E-state index contributed by atoms with van der Waals surface area (Å²) in [5, 5.41) is 3.66. The van der Waals surface area contributed by atoms with Crippen LogP contribution in [0.15, 0.2) is 12.3 Å². The molecule has 2 heterocycles. The maximum Gasteiger partial charge on any atom is 0.410 e. The van der Waals surface area contributed by atoms with Crippen LogP contribution in [-0.4, -0.2) is 45.7 Å². The van der Waals surface area contributed by atoms with Gasteiger partial charge in [-0.05, 0) is 51.3 Å². The van der Waals surface area contributed by atoms with Gasteiger partial charge in [0.05, 0.1) is 5.69 Å². The number of piperidine rings is 1. The van der Waals surface area contributed by atoms with Crippen LogP contribution in [0, 0.1) is 0 Å². The molecule has 0 aromatic carbocycles. The Labute approximate surface area is 136 Å². The molecule has 1 aliphatic rings. The summed E-state index contributed by atoms with van der Waals surface area (Å²) >= 11 is 5.77. The van der Waals surface area contributed by atoms with Crippen LogP contribution in [0.2, 0.25) is 5.28 Å². The first-order chi connectivity index (χ1) is 10.3. The number of carbonyl (C=O) groups is 1. The third-order valence-electron chi connectivity index (χ3n) is 3.33. The number of rotatable bonds is 3. The average molecular weight is 327 g/mol. The number of likely N-dealkylation sites (tertiary alicyclic amines) is 1. The fourth-order valence-electron chi connectivity index (χ4n) is 2.35. The Bertz CT molecular complexity index is 519. The van der Waals surface area contributed by atoms with Gasteiger partial charge in [-0.25, -0.2) is 14.8 Å². The molecule has 1 unspecified atom stereocenters. The molecule has 1 amide bonds. The van der Waals surface area contributed by atoms with Crippen LogP contribution in [-0.2, 0) is 11.3 Å². The minimum absolute atomic E-state index is 0.231. The van der Waals surface area contributed by atoms with Gasteiger partial charge >= 0.3 is 6.09 Å².